The monoisotopic (exact) mass is 406 g/mol. The first kappa shape index (κ1) is 19.0. The van der Waals surface area contributed by atoms with E-state index in [9.17, 15) is 27.9 Å². The van der Waals surface area contributed by atoms with Crippen LogP contribution < -0.4 is 10.3 Å². The number of anilines is 1. The van der Waals surface area contributed by atoms with E-state index in [-0.39, 0.29) is 11.4 Å². The van der Waals surface area contributed by atoms with Gasteiger partial charge in [-0.1, -0.05) is 0 Å². The molecule has 1 N–H and O–H groups in total. The van der Waals surface area contributed by atoms with Gasteiger partial charge in [-0.3, -0.25) is 4.79 Å². The number of aromatic nitrogens is 1. The summed E-state index contributed by atoms with van der Waals surface area (Å²) >= 11 is 0. The molecule has 1 aromatic heterocycles. The lowest BCUT2D eigenvalue weighted by molar-refractivity contribution is 0.0695. The van der Waals surface area contributed by atoms with E-state index in [0.717, 1.165) is 47.9 Å². The van der Waals surface area contributed by atoms with Crippen molar-refractivity contribution in [2.45, 2.75) is 12.8 Å². The number of halogens is 4. The van der Waals surface area contributed by atoms with Gasteiger partial charge in [0, 0.05) is 31.0 Å². The molecule has 0 saturated carbocycles. The molecule has 5 nitrogen and oxygen atoms in total. The van der Waals surface area contributed by atoms with Gasteiger partial charge in [0.1, 0.15) is 17.1 Å². The molecule has 1 aliphatic heterocycles. The van der Waals surface area contributed by atoms with Gasteiger partial charge in [0.2, 0.25) is 5.43 Å². The fourth-order valence-electron chi connectivity index (χ4n) is 3.63. The van der Waals surface area contributed by atoms with Crippen molar-refractivity contribution < 1.29 is 27.5 Å². The van der Waals surface area contributed by atoms with E-state index in [1.807, 2.05) is 0 Å². The summed E-state index contributed by atoms with van der Waals surface area (Å²) in [7, 11) is 0. The van der Waals surface area contributed by atoms with E-state index in [2.05, 4.69) is 0 Å². The molecular formula is C20H14F4N2O3. The summed E-state index contributed by atoms with van der Waals surface area (Å²) in [4.78, 5) is 25.5. The van der Waals surface area contributed by atoms with Gasteiger partial charge in [0.25, 0.3) is 0 Å². The number of hydrogen-bond acceptors (Lipinski definition) is 3. The summed E-state index contributed by atoms with van der Waals surface area (Å²) in [5, 5.41) is 8.81. The van der Waals surface area contributed by atoms with Crippen LogP contribution in [0.1, 0.15) is 23.2 Å². The lowest BCUT2D eigenvalue weighted by Crippen LogP contribution is -2.24. The molecule has 0 amide bonds. The highest BCUT2D eigenvalue weighted by Gasteiger charge is 2.27. The zero-order chi connectivity index (χ0) is 20.9. The second-order valence-electron chi connectivity index (χ2n) is 6.76. The molecule has 0 bridgehead atoms. The number of carbonyl (C=O) groups is 1. The van der Waals surface area contributed by atoms with Crippen LogP contribution in [0.25, 0.3) is 16.6 Å². The average molecular weight is 406 g/mol. The van der Waals surface area contributed by atoms with Crippen molar-refractivity contribution in [2.24, 2.45) is 0 Å². The highest BCUT2D eigenvalue weighted by Crippen LogP contribution is 2.33. The number of aromatic carboxylic acids is 1. The molecule has 1 fully saturated rings. The van der Waals surface area contributed by atoms with E-state index in [1.165, 1.54) is 4.90 Å². The lowest BCUT2D eigenvalue weighted by Gasteiger charge is -2.22. The minimum atomic E-state index is -1.61. The van der Waals surface area contributed by atoms with Crippen molar-refractivity contribution >= 4 is 22.6 Å². The summed E-state index contributed by atoms with van der Waals surface area (Å²) < 4.78 is 58.2. The van der Waals surface area contributed by atoms with E-state index in [0.29, 0.717) is 13.1 Å². The van der Waals surface area contributed by atoms with Crippen LogP contribution in [0.5, 0.6) is 0 Å². The number of benzene rings is 2. The van der Waals surface area contributed by atoms with E-state index < -0.39 is 51.1 Å². The number of rotatable bonds is 3. The summed E-state index contributed by atoms with van der Waals surface area (Å²) in [6.07, 6.45) is 2.31. The number of fused-ring (bicyclic) bond motifs is 1. The maximum Gasteiger partial charge on any atom is 0.341 e. The van der Waals surface area contributed by atoms with Gasteiger partial charge >= 0.3 is 5.97 Å². The Morgan fingerprint density at radius 1 is 0.966 bits per heavy atom. The van der Waals surface area contributed by atoms with Gasteiger partial charge in [0.05, 0.1) is 10.9 Å². The minimum Gasteiger partial charge on any atom is -0.477 e. The van der Waals surface area contributed by atoms with Gasteiger partial charge < -0.3 is 14.6 Å². The SMILES string of the molecule is O=C(O)c1cn(-c2ccc(F)c(F)c2)c2c(F)c(N3CCCC3)c(F)cc2c1=O. The number of hydrogen-bond donors (Lipinski definition) is 1. The molecule has 2 heterocycles. The highest BCUT2D eigenvalue weighted by atomic mass is 19.2. The van der Waals surface area contributed by atoms with Crippen LogP contribution in [0, 0.1) is 23.3 Å². The molecule has 150 valence electrons. The summed E-state index contributed by atoms with van der Waals surface area (Å²) in [6.45, 7) is 0.837. The summed E-state index contributed by atoms with van der Waals surface area (Å²) in [5.74, 6) is -6.07. The van der Waals surface area contributed by atoms with Crippen molar-refractivity contribution in [3.63, 3.8) is 0 Å². The Balaban J connectivity index is 2.13. The van der Waals surface area contributed by atoms with Gasteiger partial charge in [0.15, 0.2) is 17.5 Å². The van der Waals surface area contributed by atoms with Crippen LogP contribution in [0.15, 0.2) is 35.3 Å². The average Bonchev–Trinajstić information content (AvgIpc) is 3.19. The zero-order valence-corrected chi connectivity index (χ0v) is 14.9. The van der Waals surface area contributed by atoms with Gasteiger partial charge in [-0.15, -0.1) is 0 Å². The zero-order valence-electron chi connectivity index (χ0n) is 14.9. The Morgan fingerprint density at radius 3 is 2.28 bits per heavy atom. The van der Waals surface area contributed by atoms with Crippen LogP contribution in [-0.2, 0) is 0 Å². The number of carboxylic acid groups (broad SMARTS) is 1. The largest absolute Gasteiger partial charge is 0.477 e. The second kappa shape index (κ2) is 6.91. The molecule has 1 aliphatic rings. The van der Waals surface area contributed by atoms with E-state index >= 15 is 4.39 Å². The maximum atomic E-state index is 15.5. The third-order valence-corrected chi connectivity index (χ3v) is 4.99. The van der Waals surface area contributed by atoms with Crippen LogP contribution >= 0.6 is 0 Å². The van der Waals surface area contributed by atoms with Crippen LogP contribution in [0.3, 0.4) is 0 Å². The molecule has 0 radical (unpaired) electrons. The molecule has 9 heteroatoms. The van der Waals surface area contributed by atoms with Crippen molar-refractivity contribution in [1.29, 1.82) is 0 Å². The molecule has 0 spiro atoms. The molecule has 29 heavy (non-hydrogen) atoms. The Bertz CT molecular complexity index is 1220. The number of carboxylic acids is 1. The molecule has 1 saturated heterocycles. The third-order valence-electron chi connectivity index (χ3n) is 4.99. The Morgan fingerprint density at radius 2 is 1.66 bits per heavy atom. The highest BCUT2D eigenvalue weighted by molar-refractivity contribution is 5.94. The third kappa shape index (κ3) is 3.02. The van der Waals surface area contributed by atoms with Crippen molar-refractivity contribution in [3.8, 4) is 5.69 Å². The molecule has 4 rings (SSSR count). The standard InChI is InChI=1S/C20H14F4N2O3/c21-13-4-3-10(7-14(13)22)26-9-12(20(28)29)19(27)11-8-15(23)18(16(24)17(11)26)25-5-1-2-6-25/h3-4,7-9H,1-2,5-6H2,(H,28,29). The molecule has 0 atom stereocenters. The Kier molecular flexibility index (Phi) is 4.52. The molecule has 0 unspecified atom stereocenters. The first-order valence-electron chi connectivity index (χ1n) is 8.80. The Hall–Kier alpha value is -3.36. The molecule has 0 aliphatic carbocycles. The van der Waals surface area contributed by atoms with Crippen molar-refractivity contribution in [3.05, 3.63) is 69.5 Å². The summed E-state index contributed by atoms with van der Waals surface area (Å²) in [5.41, 5.74) is -2.69. The smallest absolute Gasteiger partial charge is 0.341 e. The van der Waals surface area contributed by atoms with Gasteiger partial charge in [-0.2, -0.15) is 0 Å². The predicted molar refractivity (Wildman–Crippen MR) is 97.8 cm³/mol. The molecule has 2 aromatic carbocycles. The summed E-state index contributed by atoms with van der Waals surface area (Å²) in [6, 6.07) is 3.42. The van der Waals surface area contributed by atoms with E-state index in [1.54, 1.807) is 0 Å². The topological polar surface area (TPSA) is 62.5 Å². The van der Waals surface area contributed by atoms with Crippen molar-refractivity contribution in [1.82, 2.24) is 4.57 Å². The van der Waals surface area contributed by atoms with Crippen LogP contribution in [0.4, 0.5) is 23.2 Å². The minimum absolute atomic E-state index is 0.116. The fourth-order valence-corrected chi connectivity index (χ4v) is 3.63. The Labute approximate surface area is 161 Å². The first-order valence-corrected chi connectivity index (χ1v) is 8.80. The molecule has 3 aromatic rings. The van der Waals surface area contributed by atoms with Crippen LogP contribution in [0.2, 0.25) is 0 Å². The van der Waals surface area contributed by atoms with E-state index in [4.69, 9.17) is 0 Å². The number of nitrogens with zero attached hydrogens (tertiary/aromatic N) is 2. The van der Waals surface area contributed by atoms with Gasteiger partial charge in [-0.05, 0) is 31.0 Å². The fraction of sp³-hybridized carbons (Fsp3) is 0.200. The van der Waals surface area contributed by atoms with Crippen molar-refractivity contribution in [2.75, 3.05) is 18.0 Å². The normalized spacial score (nSPS) is 14.0. The first-order chi connectivity index (χ1) is 13.8. The quantitative estimate of drug-likeness (QED) is 0.672. The maximum absolute atomic E-state index is 15.5. The predicted octanol–water partition coefficient (Wildman–Crippen LogP) is 3.85. The molecular weight excluding hydrogens is 392 g/mol. The van der Waals surface area contributed by atoms with Gasteiger partial charge in [-0.25, -0.2) is 22.4 Å². The second-order valence-corrected chi connectivity index (χ2v) is 6.76. The lowest BCUT2D eigenvalue weighted by atomic mass is 10.1. The van der Waals surface area contributed by atoms with Crippen LogP contribution in [-0.4, -0.2) is 28.7 Å². The number of pyridine rings is 1.